The van der Waals surface area contributed by atoms with Crippen LogP contribution in [0.2, 0.25) is 5.02 Å². The molecule has 1 aliphatic heterocycles. The maximum atomic E-state index is 11.9. The minimum atomic E-state index is -0.295. The Kier molecular flexibility index (Phi) is 2.68. The number of hydrogen-bond acceptors (Lipinski definition) is 3. The van der Waals surface area contributed by atoms with Gasteiger partial charge in [-0.15, -0.1) is 0 Å². The zero-order valence-corrected chi connectivity index (χ0v) is 10.0. The van der Waals surface area contributed by atoms with Crippen LogP contribution in [0, 0.1) is 0 Å². The molecule has 0 amide bonds. The van der Waals surface area contributed by atoms with E-state index in [0.29, 0.717) is 10.6 Å². The first-order valence-electron chi connectivity index (χ1n) is 5.77. The molecule has 4 nitrogen and oxygen atoms in total. The van der Waals surface area contributed by atoms with Crippen molar-refractivity contribution in [3.05, 3.63) is 33.8 Å². The first-order valence-corrected chi connectivity index (χ1v) is 6.15. The van der Waals surface area contributed by atoms with E-state index in [0.717, 1.165) is 31.4 Å². The Bertz CT molecular complexity index is 596. The van der Waals surface area contributed by atoms with E-state index in [-0.39, 0.29) is 11.8 Å². The summed E-state index contributed by atoms with van der Waals surface area (Å²) >= 11 is 5.97. The third kappa shape index (κ3) is 1.87. The Morgan fingerprint density at radius 3 is 3.12 bits per heavy atom. The van der Waals surface area contributed by atoms with Crippen LogP contribution in [0.25, 0.3) is 11.1 Å². The minimum absolute atomic E-state index is 0.163. The highest BCUT2D eigenvalue weighted by molar-refractivity contribution is 6.31. The van der Waals surface area contributed by atoms with Crippen LogP contribution in [0.1, 0.15) is 18.9 Å². The molecule has 0 spiro atoms. The summed E-state index contributed by atoms with van der Waals surface area (Å²) in [4.78, 5) is 11.9. The molecule has 1 aromatic heterocycles. The number of fused-ring (bicyclic) bond motifs is 1. The van der Waals surface area contributed by atoms with E-state index in [1.165, 1.54) is 0 Å². The summed E-state index contributed by atoms with van der Waals surface area (Å²) in [5, 5.41) is 3.92. The van der Waals surface area contributed by atoms with Gasteiger partial charge in [-0.3, -0.25) is 4.57 Å². The second-order valence-corrected chi connectivity index (χ2v) is 4.79. The zero-order chi connectivity index (χ0) is 11.8. The van der Waals surface area contributed by atoms with Crippen molar-refractivity contribution in [1.29, 1.82) is 0 Å². The Balaban J connectivity index is 2.16. The molecular formula is C12H13ClN2O2. The van der Waals surface area contributed by atoms with E-state index < -0.39 is 0 Å². The number of nitrogens with one attached hydrogen (secondary N) is 1. The summed E-state index contributed by atoms with van der Waals surface area (Å²) in [6, 6.07) is 5.43. The van der Waals surface area contributed by atoms with Gasteiger partial charge >= 0.3 is 5.76 Å². The molecule has 1 saturated heterocycles. The van der Waals surface area contributed by atoms with E-state index in [2.05, 4.69) is 5.32 Å². The quantitative estimate of drug-likeness (QED) is 0.846. The fraction of sp³-hybridized carbons (Fsp3) is 0.417. The molecule has 1 aliphatic rings. The lowest BCUT2D eigenvalue weighted by molar-refractivity contribution is 0.352. The lowest BCUT2D eigenvalue weighted by Crippen LogP contribution is -2.35. The van der Waals surface area contributed by atoms with Gasteiger partial charge in [-0.1, -0.05) is 11.6 Å². The van der Waals surface area contributed by atoms with Gasteiger partial charge < -0.3 is 9.73 Å². The van der Waals surface area contributed by atoms with Crippen molar-refractivity contribution in [2.45, 2.75) is 18.9 Å². The minimum Gasteiger partial charge on any atom is -0.408 e. The summed E-state index contributed by atoms with van der Waals surface area (Å²) in [6.45, 7) is 1.82. The van der Waals surface area contributed by atoms with Crippen LogP contribution in [0.15, 0.2) is 27.4 Å². The molecule has 1 N–H and O–H groups in total. The fourth-order valence-electron chi connectivity index (χ4n) is 2.41. The molecule has 17 heavy (non-hydrogen) atoms. The van der Waals surface area contributed by atoms with Crippen molar-refractivity contribution in [3.63, 3.8) is 0 Å². The molecular weight excluding hydrogens is 240 g/mol. The number of halogens is 1. The van der Waals surface area contributed by atoms with Gasteiger partial charge in [0.25, 0.3) is 0 Å². The average Bonchev–Trinajstić information content (AvgIpc) is 2.65. The van der Waals surface area contributed by atoms with E-state index in [1.54, 1.807) is 22.8 Å². The highest BCUT2D eigenvalue weighted by Gasteiger charge is 2.20. The van der Waals surface area contributed by atoms with Gasteiger partial charge in [0.1, 0.15) is 0 Å². The van der Waals surface area contributed by atoms with Crippen LogP contribution < -0.4 is 11.1 Å². The molecule has 0 radical (unpaired) electrons. The number of piperidine rings is 1. The summed E-state index contributed by atoms with van der Waals surface area (Å²) in [5.74, 6) is -0.295. The predicted molar refractivity (Wildman–Crippen MR) is 66.6 cm³/mol. The van der Waals surface area contributed by atoms with Crippen molar-refractivity contribution in [1.82, 2.24) is 9.88 Å². The summed E-state index contributed by atoms with van der Waals surface area (Å²) in [6.07, 6.45) is 2.07. The number of hydrogen-bond donors (Lipinski definition) is 1. The van der Waals surface area contributed by atoms with Gasteiger partial charge in [0, 0.05) is 11.6 Å². The van der Waals surface area contributed by atoms with E-state index in [1.807, 2.05) is 0 Å². The number of rotatable bonds is 1. The zero-order valence-electron chi connectivity index (χ0n) is 9.28. The molecule has 0 saturated carbocycles. The van der Waals surface area contributed by atoms with Gasteiger partial charge in [0.05, 0.1) is 11.6 Å². The molecule has 0 bridgehead atoms. The van der Waals surface area contributed by atoms with Gasteiger partial charge in [0.2, 0.25) is 0 Å². The Morgan fingerprint density at radius 1 is 1.47 bits per heavy atom. The summed E-state index contributed by atoms with van der Waals surface area (Å²) in [5.41, 5.74) is 1.39. The van der Waals surface area contributed by atoms with Crippen LogP contribution in [0.3, 0.4) is 0 Å². The molecule has 5 heteroatoms. The van der Waals surface area contributed by atoms with Crippen molar-refractivity contribution in [2.24, 2.45) is 0 Å². The lowest BCUT2D eigenvalue weighted by Gasteiger charge is -2.23. The highest BCUT2D eigenvalue weighted by atomic mass is 35.5. The Labute approximate surface area is 103 Å². The molecule has 90 valence electrons. The molecule has 1 unspecified atom stereocenters. The van der Waals surface area contributed by atoms with E-state index in [9.17, 15) is 4.79 Å². The first-order chi connectivity index (χ1) is 8.25. The summed E-state index contributed by atoms with van der Waals surface area (Å²) < 4.78 is 6.94. The smallest absolute Gasteiger partial charge is 0.408 e. The predicted octanol–water partition coefficient (Wildman–Crippen LogP) is 2.17. The van der Waals surface area contributed by atoms with Crippen molar-refractivity contribution in [2.75, 3.05) is 13.1 Å². The van der Waals surface area contributed by atoms with Crippen LogP contribution in [-0.2, 0) is 0 Å². The highest BCUT2D eigenvalue weighted by Crippen LogP contribution is 2.24. The standard InChI is InChI=1S/C12H13ClN2O2/c13-8-3-4-11-10(6-8)15(12(16)17-11)9-2-1-5-14-7-9/h3-4,6,9,14H,1-2,5,7H2. The molecule has 1 fully saturated rings. The topological polar surface area (TPSA) is 47.2 Å². The van der Waals surface area contributed by atoms with Gasteiger partial charge in [-0.05, 0) is 37.6 Å². The van der Waals surface area contributed by atoms with E-state index in [4.69, 9.17) is 16.0 Å². The summed E-state index contributed by atoms with van der Waals surface area (Å²) in [7, 11) is 0. The lowest BCUT2D eigenvalue weighted by atomic mass is 10.1. The SMILES string of the molecule is O=c1oc2ccc(Cl)cc2n1C1CCCNC1. The second-order valence-electron chi connectivity index (χ2n) is 4.35. The number of oxazole rings is 1. The van der Waals surface area contributed by atoms with Crippen molar-refractivity contribution < 1.29 is 4.42 Å². The number of aromatic nitrogens is 1. The van der Waals surface area contributed by atoms with Crippen LogP contribution in [0.4, 0.5) is 0 Å². The number of benzene rings is 1. The van der Waals surface area contributed by atoms with Gasteiger partial charge in [-0.2, -0.15) is 0 Å². The largest absolute Gasteiger partial charge is 0.420 e. The molecule has 0 aliphatic carbocycles. The van der Waals surface area contributed by atoms with Gasteiger partial charge in [0.15, 0.2) is 5.58 Å². The average molecular weight is 253 g/mol. The monoisotopic (exact) mass is 252 g/mol. The second kappa shape index (κ2) is 4.20. The maximum Gasteiger partial charge on any atom is 0.420 e. The van der Waals surface area contributed by atoms with Crippen molar-refractivity contribution in [3.8, 4) is 0 Å². The van der Waals surface area contributed by atoms with E-state index >= 15 is 0 Å². The normalized spacial score (nSPS) is 20.9. The molecule has 1 aromatic carbocycles. The van der Waals surface area contributed by atoms with Crippen LogP contribution in [0.5, 0.6) is 0 Å². The number of nitrogens with zero attached hydrogens (tertiary/aromatic N) is 1. The first kappa shape index (κ1) is 10.9. The van der Waals surface area contributed by atoms with Crippen LogP contribution in [-0.4, -0.2) is 17.7 Å². The molecule has 2 heterocycles. The Hall–Kier alpha value is -1.26. The third-order valence-electron chi connectivity index (χ3n) is 3.21. The maximum absolute atomic E-state index is 11.9. The third-order valence-corrected chi connectivity index (χ3v) is 3.45. The van der Waals surface area contributed by atoms with Crippen molar-refractivity contribution >= 4 is 22.7 Å². The molecule has 2 aromatic rings. The van der Waals surface area contributed by atoms with Crippen LogP contribution >= 0.6 is 11.6 Å². The fourth-order valence-corrected chi connectivity index (χ4v) is 2.57. The van der Waals surface area contributed by atoms with Gasteiger partial charge in [-0.25, -0.2) is 4.79 Å². The molecule has 1 atom stereocenters. The molecule has 3 rings (SSSR count). The Morgan fingerprint density at radius 2 is 2.35 bits per heavy atom.